The Morgan fingerprint density at radius 2 is 2.12 bits per heavy atom. The SMILES string of the molecule is CC(C)CCC[SiH2][O]. The van der Waals surface area contributed by atoms with Crippen molar-refractivity contribution in [3.63, 3.8) is 0 Å². The third-order valence-electron chi connectivity index (χ3n) is 1.18. The Balaban J connectivity index is 2.72. The molecular formula is C6H15OSi. The minimum atomic E-state index is -0.879. The molecule has 0 unspecified atom stereocenters. The van der Waals surface area contributed by atoms with E-state index in [9.17, 15) is 4.80 Å². The number of hydrogen-bond donors (Lipinski definition) is 0. The van der Waals surface area contributed by atoms with Crippen molar-refractivity contribution >= 4 is 9.76 Å². The van der Waals surface area contributed by atoms with E-state index in [4.69, 9.17) is 0 Å². The smallest absolute Gasteiger partial charge is 0.207 e. The maximum atomic E-state index is 10.1. The van der Waals surface area contributed by atoms with Gasteiger partial charge in [0.1, 0.15) is 0 Å². The zero-order chi connectivity index (χ0) is 6.41. The Labute approximate surface area is 54.1 Å². The van der Waals surface area contributed by atoms with Crippen LogP contribution in [0.25, 0.3) is 0 Å². The van der Waals surface area contributed by atoms with Crippen LogP contribution in [0.2, 0.25) is 6.04 Å². The molecule has 0 aromatic rings. The molecule has 0 aliphatic heterocycles. The summed E-state index contributed by atoms with van der Waals surface area (Å²) >= 11 is 0. The van der Waals surface area contributed by atoms with Crippen LogP contribution in [0.3, 0.4) is 0 Å². The van der Waals surface area contributed by atoms with Crippen molar-refractivity contribution in [3.8, 4) is 0 Å². The molecule has 0 aromatic carbocycles. The predicted octanol–water partition coefficient (Wildman–Crippen LogP) is 1.36. The molecule has 2 heteroatoms. The molecule has 0 aliphatic carbocycles. The van der Waals surface area contributed by atoms with Gasteiger partial charge in [0.05, 0.1) is 0 Å². The van der Waals surface area contributed by atoms with Crippen LogP contribution in [0, 0.1) is 5.92 Å². The normalized spacial score (nSPS) is 12.0. The first-order chi connectivity index (χ1) is 3.77. The molecule has 0 saturated carbocycles. The molecule has 0 saturated heterocycles. The van der Waals surface area contributed by atoms with Crippen LogP contribution in [-0.2, 0) is 4.80 Å². The number of rotatable bonds is 4. The molecule has 0 spiro atoms. The molecule has 0 fully saturated rings. The second-order valence-corrected chi connectivity index (χ2v) is 3.71. The summed E-state index contributed by atoms with van der Waals surface area (Å²) in [5, 5.41) is 0. The van der Waals surface area contributed by atoms with Gasteiger partial charge in [-0.2, -0.15) is 0 Å². The largest absolute Gasteiger partial charge is 0.306 e. The summed E-state index contributed by atoms with van der Waals surface area (Å²) in [7, 11) is -0.879. The molecular weight excluding hydrogens is 116 g/mol. The van der Waals surface area contributed by atoms with E-state index in [-0.39, 0.29) is 0 Å². The summed E-state index contributed by atoms with van der Waals surface area (Å²) < 4.78 is 0. The second kappa shape index (κ2) is 5.32. The highest BCUT2D eigenvalue weighted by atomic mass is 28.2. The van der Waals surface area contributed by atoms with Crippen molar-refractivity contribution in [1.29, 1.82) is 0 Å². The highest BCUT2D eigenvalue weighted by Gasteiger charge is 1.92. The summed E-state index contributed by atoms with van der Waals surface area (Å²) in [6.45, 7) is 4.40. The molecule has 0 heterocycles. The van der Waals surface area contributed by atoms with Crippen molar-refractivity contribution in [1.82, 2.24) is 0 Å². The van der Waals surface area contributed by atoms with Gasteiger partial charge in [-0.05, 0) is 12.0 Å². The van der Waals surface area contributed by atoms with Crippen LogP contribution in [0.5, 0.6) is 0 Å². The maximum absolute atomic E-state index is 10.1. The van der Waals surface area contributed by atoms with Crippen LogP contribution in [0.15, 0.2) is 0 Å². The third kappa shape index (κ3) is 6.18. The molecule has 0 atom stereocenters. The lowest BCUT2D eigenvalue weighted by molar-refractivity contribution is 0.465. The van der Waals surface area contributed by atoms with Gasteiger partial charge in [0.15, 0.2) is 0 Å². The molecule has 0 amide bonds. The zero-order valence-electron chi connectivity index (χ0n) is 5.81. The van der Waals surface area contributed by atoms with Gasteiger partial charge in [-0.15, -0.1) is 0 Å². The second-order valence-electron chi connectivity index (χ2n) is 2.59. The summed E-state index contributed by atoms with van der Waals surface area (Å²) in [4.78, 5) is 10.1. The average molecular weight is 131 g/mol. The maximum Gasteiger partial charge on any atom is 0.207 e. The van der Waals surface area contributed by atoms with Gasteiger partial charge in [0.25, 0.3) is 0 Å². The van der Waals surface area contributed by atoms with Gasteiger partial charge in [-0.25, -0.2) is 0 Å². The van der Waals surface area contributed by atoms with Gasteiger partial charge in [0, 0.05) is 0 Å². The van der Waals surface area contributed by atoms with Gasteiger partial charge in [0.2, 0.25) is 9.76 Å². The summed E-state index contributed by atoms with van der Waals surface area (Å²) in [6, 6.07) is 0.998. The minimum absolute atomic E-state index is 0.788. The quantitative estimate of drug-likeness (QED) is 0.405. The van der Waals surface area contributed by atoms with Crippen LogP contribution in [-0.4, -0.2) is 9.76 Å². The van der Waals surface area contributed by atoms with Crippen molar-refractivity contribution in [2.24, 2.45) is 5.92 Å². The third-order valence-corrected chi connectivity index (χ3v) is 1.96. The fourth-order valence-electron chi connectivity index (χ4n) is 0.655. The van der Waals surface area contributed by atoms with E-state index in [1.807, 2.05) is 0 Å². The molecule has 0 aromatic heterocycles. The summed E-state index contributed by atoms with van der Waals surface area (Å²) in [6.07, 6.45) is 2.42. The lowest BCUT2D eigenvalue weighted by atomic mass is 10.1. The van der Waals surface area contributed by atoms with E-state index in [0.29, 0.717) is 0 Å². The van der Waals surface area contributed by atoms with Crippen molar-refractivity contribution in [2.45, 2.75) is 32.7 Å². The van der Waals surface area contributed by atoms with E-state index in [1.54, 1.807) is 0 Å². The van der Waals surface area contributed by atoms with Gasteiger partial charge in [-0.1, -0.05) is 26.7 Å². The molecule has 1 radical (unpaired) electrons. The fraction of sp³-hybridized carbons (Fsp3) is 1.00. The molecule has 0 rings (SSSR count). The van der Waals surface area contributed by atoms with Gasteiger partial charge >= 0.3 is 0 Å². The Morgan fingerprint density at radius 3 is 2.50 bits per heavy atom. The van der Waals surface area contributed by atoms with E-state index in [0.717, 1.165) is 12.0 Å². The highest BCUT2D eigenvalue weighted by molar-refractivity contribution is 6.24. The molecule has 8 heavy (non-hydrogen) atoms. The van der Waals surface area contributed by atoms with Crippen molar-refractivity contribution in [2.75, 3.05) is 0 Å². The Hall–Kier alpha value is 0.177. The minimum Gasteiger partial charge on any atom is -0.306 e. The van der Waals surface area contributed by atoms with E-state index in [2.05, 4.69) is 13.8 Å². The standard InChI is InChI=1S/C6H15OSi/c1-6(2)4-3-5-8-7/h6H,3-5,8H2,1-2H3. The van der Waals surface area contributed by atoms with Crippen molar-refractivity contribution in [3.05, 3.63) is 0 Å². The monoisotopic (exact) mass is 131 g/mol. The van der Waals surface area contributed by atoms with Crippen LogP contribution in [0.4, 0.5) is 0 Å². The molecule has 0 N–H and O–H groups in total. The predicted molar refractivity (Wildman–Crippen MR) is 38.1 cm³/mol. The first kappa shape index (κ1) is 8.18. The van der Waals surface area contributed by atoms with E-state index >= 15 is 0 Å². The summed E-state index contributed by atoms with van der Waals surface area (Å²) in [5.41, 5.74) is 0. The fourth-order valence-corrected chi connectivity index (χ4v) is 1.15. The van der Waals surface area contributed by atoms with Crippen LogP contribution in [0.1, 0.15) is 26.7 Å². The first-order valence-corrected chi connectivity index (χ1v) is 4.93. The molecule has 1 nitrogen and oxygen atoms in total. The lowest BCUT2D eigenvalue weighted by Crippen LogP contribution is -1.89. The van der Waals surface area contributed by atoms with E-state index < -0.39 is 9.76 Å². The Bertz CT molecular complexity index is 45.8. The Morgan fingerprint density at radius 1 is 1.50 bits per heavy atom. The van der Waals surface area contributed by atoms with Gasteiger partial charge < -0.3 is 4.80 Å². The zero-order valence-corrected chi connectivity index (χ0v) is 7.23. The van der Waals surface area contributed by atoms with Crippen molar-refractivity contribution < 1.29 is 4.80 Å². The highest BCUT2D eigenvalue weighted by Crippen LogP contribution is 2.04. The Kier molecular flexibility index (Phi) is 5.43. The van der Waals surface area contributed by atoms with Crippen LogP contribution < -0.4 is 0 Å². The first-order valence-electron chi connectivity index (χ1n) is 3.35. The molecule has 49 valence electrons. The van der Waals surface area contributed by atoms with Crippen LogP contribution >= 0.6 is 0 Å². The molecule has 0 aliphatic rings. The number of hydrogen-bond acceptors (Lipinski definition) is 0. The summed E-state index contributed by atoms with van der Waals surface area (Å²) in [5.74, 6) is 0.788. The van der Waals surface area contributed by atoms with E-state index in [1.165, 1.54) is 12.8 Å². The van der Waals surface area contributed by atoms with Gasteiger partial charge in [-0.3, -0.25) is 0 Å². The average Bonchev–Trinajstić information content (AvgIpc) is 1.66. The lowest BCUT2D eigenvalue weighted by Gasteiger charge is -1.99. The molecule has 0 bridgehead atoms. The topological polar surface area (TPSA) is 19.9 Å².